The molecule has 7 heteroatoms. The highest BCUT2D eigenvalue weighted by Crippen LogP contribution is 2.37. The topological polar surface area (TPSA) is 46.6 Å². The maximum Gasteiger partial charge on any atom is 0.186 e. The van der Waals surface area contributed by atoms with Crippen LogP contribution in [0.2, 0.25) is 5.02 Å². The number of para-hydroxylation sites is 1. The largest absolute Gasteiger partial charge is 0.486 e. The molecule has 5 nitrogen and oxygen atoms in total. The van der Waals surface area contributed by atoms with E-state index in [0.717, 1.165) is 48.1 Å². The number of fused-ring (bicyclic) bond motifs is 2. The molecule has 3 heterocycles. The molecule has 1 saturated heterocycles. The number of piperidine rings is 1. The van der Waals surface area contributed by atoms with Gasteiger partial charge in [-0.2, -0.15) is 0 Å². The first-order chi connectivity index (χ1) is 14.2. The Hall–Kier alpha value is -2.02. The third-order valence-corrected chi connectivity index (χ3v) is 7.25. The lowest BCUT2D eigenvalue weighted by molar-refractivity contribution is 0.0417. The second-order valence-corrected chi connectivity index (χ2v) is 9.11. The number of nitrogens with zero attached hydrogens (tertiary/aromatic N) is 2. The number of ether oxygens (including phenoxy) is 2. The van der Waals surface area contributed by atoms with Gasteiger partial charge in [-0.25, -0.2) is 4.98 Å². The van der Waals surface area contributed by atoms with Crippen molar-refractivity contribution in [2.75, 3.05) is 31.6 Å². The molecular formula is C22H24ClN3O2S. The minimum Gasteiger partial charge on any atom is -0.486 e. The molecule has 152 valence electrons. The van der Waals surface area contributed by atoms with Crippen molar-refractivity contribution in [1.29, 1.82) is 0 Å². The van der Waals surface area contributed by atoms with Crippen molar-refractivity contribution < 1.29 is 9.47 Å². The SMILES string of the molecule is CNC(C1CCN(c2nc3ccccc3s2)CC1)C1COc2cc(Cl)ccc2O1. The summed E-state index contributed by atoms with van der Waals surface area (Å²) in [7, 11) is 2.02. The molecule has 3 aromatic rings. The Morgan fingerprint density at radius 1 is 1.17 bits per heavy atom. The fraction of sp³-hybridized carbons (Fsp3) is 0.409. The molecular weight excluding hydrogens is 406 g/mol. The molecule has 0 spiro atoms. The standard InChI is InChI=1S/C22H24ClN3O2S/c1-24-21(19-13-27-18-12-15(23)6-7-17(18)28-19)14-8-10-26(11-9-14)22-25-16-4-2-3-5-20(16)29-22/h2-7,12,14,19,21,24H,8-11,13H2,1H3. The highest BCUT2D eigenvalue weighted by molar-refractivity contribution is 7.22. The van der Waals surface area contributed by atoms with Gasteiger partial charge in [-0.15, -0.1) is 0 Å². The number of thiazole rings is 1. The van der Waals surface area contributed by atoms with Crippen LogP contribution < -0.4 is 19.7 Å². The van der Waals surface area contributed by atoms with E-state index in [1.807, 2.05) is 31.3 Å². The molecule has 1 N–H and O–H groups in total. The molecule has 0 saturated carbocycles. The van der Waals surface area contributed by atoms with Crippen LogP contribution in [0, 0.1) is 5.92 Å². The van der Waals surface area contributed by atoms with E-state index in [0.29, 0.717) is 17.5 Å². The highest BCUT2D eigenvalue weighted by Gasteiger charge is 2.35. The molecule has 0 amide bonds. The first-order valence-corrected chi connectivity index (χ1v) is 11.3. The first kappa shape index (κ1) is 19.0. The molecule has 1 aromatic heterocycles. The number of likely N-dealkylation sites (N-methyl/N-ethyl adjacent to an activating group) is 1. The molecule has 2 aliphatic rings. The molecule has 0 aliphatic carbocycles. The number of aromatic nitrogens is 1. The Bertz CT molecular complexity index is 970. The second-order valence-electron chi connectivity index (χ2n) is 7.66. The lowest BCUT2D eigenvalue weighted by atomic mass is 9.86. The number of rotatable bonds is 4. The molecule has 2 unspecified atom stereocenters. The van der Waals surface area contributed by atoms with Crippen LogP contribution in [0.3, 0.4) is 0 Å². The van der Waals surface area contributed by atoms with Crippen molar-refractivity contribution in [3.8, 4) is 11.5 Å². The Morgan fingerprint density at radius 3 is 2.79 bits per heavy atom. The van der Waals surface area contributed by atoms with E-state index in [-0.39, 0.29) is 12.1 Å². The van der Waals surface area contributed by atoms with Gasteiger partial charge in [0.15, 0.2) is 16.6 Å². The van der Waals surface area contributed by atoms with Crippen molar-refractivity contribution in [2.24, 2.45) is 5.92 Å². The summed E-state index contributed by atoms with van der Waals surface area (Å²) in [6.45, 7) is 2.57. The summed E-state index contributed by atoms with van der Waals surface area (Å²) in [6, 6.07) is 14.2. The van der Waals surface area contributed by atoms with Crippen LogP contribution in [0.5, 0.6) is 11.5 Å². The zero-order valence-corrected chi connectivity index (χ0v) is 17.9. The Kier molecular flexibility index (Phi) is 5.24. The number of anilines is 1. The predicted octanol–water partition coefficient (Wildman–Crippen LogP) is 4.59. The molecule has 29 heavy (non-hydrogen) atoms. The second kappa shape index (κ2) is 8.01. The van der Waals surface area contributed by atoms with Crippen LogP contribution in [-0.4, -0.2) is 43.9 Å². The minimum atomic E-state index is -0.00678. The van der Waals surface area contributed by atoms with Gasteiger partial charge in [0.1, 0.15) is 12.7 Å². The predicted molar refractivity (Wildman–Crippen MR) is 119 cm³/mol. The van der Waals surface area contributed by atoms with E-state index >= 15 is 0 Å². The van der Waals surface area contributed by atoms with Gasteiger partial charge in [0.05, 0.1) is 16.3 Å². The number of hydrogen-bond acceptors (Lipinski definition) is 6. The molecule has 0 radical (unpaired) electrons. The van der Waals surface area contributed by atoms with Crippen molar-refractivity contribution >= 4 is 38.3 Å². The highest BCUT2D eigenvalue weighted by atomic mass is 35.5. The maximum atomic E-state index is 6.27. The van der Waals surface area contributed by atoms with Gasteiger partial charge in [-0.3, -0.25) is 0 Å². The van der Waals surface area contributed by atoms with Crippen molar-refractivity contribution in [2.45, 2.75) is 25.0 Å². The molecule has 0 bridgehead atoms. The lowest BCUT2D eigenvalue weighted by Crippen LogP contribution is -2.53. The average Bonchev–Trinajstić information content (AvgIpc) is 3.19. The Balaban J connectivity index is 1.25. The zero-order chi connectivity index (χ0) is 19.8. The van der Waals surface area contributed by atoms with E-state index in [4.69, 9.17) is 26.1 Å². The number of nitrogens with one attached hydrogen (secondary N) is 1. The van der Waals surface area contributed by atoms with Gasteiger partial charge in [0.2, 0.25) is 0 Å². The Morgan fingerprint density at radius 2 is 2.00 bits per heavy atom. The summed E-state index contributed by atoms with van der Waals surface area (Å²) < 4.78 is 13.5. The van der Waals surface area contributed by atoms with Crippen LogP contribution in [0.15, 0.2) is 42.5 Å². The summed E-state index contributed by atoms with van der Waals surface area (Å²) in [6.07, 6.45) is 2.21. The fourth-order valence-corrected chi connectivity index (χ4v) is 5.59. The van der Waals surface area contributed by atoms with Crippen LogP contribution in [0.1, 0.15) is 12.8 Å². The smallest absolute Gasteiger partial charge is 0.186 e. The molecule has 1 fully saturated rings. The molecule has 2 aliphatic heterocycles. The fourth-order valence-electron chi connectivity index (χ4n) is 4.41. The van der Waals surface area contributed by atoms with E-state index < -0.39 is 0 Å². The number of hydrogen-bond donors (Lipinski definition) is 1. The van der Waals surface area contributed by atoms with Crippen molar-refractivity contribution in [3.05, 3.63) is 47.5 Å². The van der Waals surface area contributed by atoms with Crippen molar-refractivity contribution in [3.63, 3.8) is 0 Å². The van der Waals surface area contributed by atoms with Gasteiger partial charge >= 0.3 is 0 Å². The molecule has 5 rings (SSSR count). The van der Waals surface area contributed by atoms with Gasteiger partial charge in [0, 0.05) is 24.2 Å². The van der Waals surface area contributed by atoms with Gasteiger partial charge in [-0.1, -0.05) is 35.1 Å². The molecule has 2 aromatic carbocycles. The van der Waals surface area contributed by atoms with Crippen LogP contribution in [0.25, 0.3) is 10.2 Å². The number of benzene rings is 2. The van der Waals surface area contributed by atoms with Gasteiger partial charge < -0.3 is 19.7 Å². The van der Waals surface area contributed by atoms with E-state index in [1.54, 1.807) is 11.3 Å². The number of halogens is 1. The van der Waals surface area contributed by atoms with Crippen molar-refractivity contribution in [1.82, 2.24) is 10.3 Å². The first-order valence-electron chi connectivity index (χ1n) is 10.1. The van der Waals surface area contributed by atoms with E-state index in [1.165, 1.54) is 4.70 Å². The molecule has 2 atom stereocenters. The average molecular weight is 430 g/mol. The third kappa shape index (κ3) is 3.77. The summed E-state index contributed by atoms with van der Waals surface area (Å²) in [5.74, 6) is 2.04. The summed E-state index contributed by atoms with van der Waals surface area (Å²) >= 11 is 7.84. The summed E-state index contributed by atoms with van der Waals surface area (Å²) in [4.78, 5) is 7.24. The monoisotopic (exact) mass is 429 g/mol. The lowest BCUT2D eigenvalue weighted by Gasteiger charge is -2.40. The van der Waals surface area contributed by atoms with Gasteiger partial charge in [-0.05, 0) is 50.1 Å². The maximum absolute atomic E-state index is 6.27. The third-order valence-electron chi connectivity index (χ3n) is 5.92. The Labute approximate surface area is 179 Å². The minimum absolute atomic E-state index is 0.00678. The summed E-state index contributed by atoms with van der Waals surface area (Å²) in [5.41, 5.74) is 1.09. The summed E-state index contributed by atoms with van der Waals surface area (Å²) in [5, 5.41) is 5.30. The zero-order valence-electron chi connectivity index (χ0n) is 16.3. The van der Waals surface area contributed by atoms with Crippen LogP contribution in [-0.2, 0) is 0 Å². The van der Waals surface area contributed by atoms with E-state index in [9.17, 15) is 0 Å². The van der Waals surface area contributed by atoms with Crippen LogP contribution in [0.4, 0.5) is 5.13 Å². The van der Waals surface area contributed by atoms with Crippen LogP contribution >= 0.6 is 22.9 Å². The quantitative estimate of drug-likeness (QED) is 0.657. The van der Waals surface area contributed by atoms with Gasteiger partial charge in [0.25, 0.3) is 0 Å². The van der Waals surface area contributed by atoms with E-state index in [2.05, 4.69) is 28.4 Å². The normalized spacial score (nSPS) is 20.8.